The van der Waals surface area contributed by atoms with Gasteiger partial charge in [0.1, 0.15) is 0 Å². The zero-order valence-corrected chi connectivity index (χ0v) is 16.2. The molecule has 4 nitrogen and oxygen atoms in total. The van der Waals surface area contributed by atoms with Gasteiger partial charge in [-0.05, 0) is 48.6 Å². The Labute approximate surface area is 162 Å². The van der Waals surface area contributed by atoms with Crippen LogP contribution in [-0.4, -0.2) is 15.5 Å². The summed E-state index contributed by atoms with van der Waals surface area (Å²) >= 11 is 1.46. The van der Waals surface area contributed by atoms with Gasteiger partial charge in [0.25, 0.3) is 0 Å². The summed E-state index contributed by atoms with van der Waals surface area (Å²) in [4.78, 5) is 16.9. The third-order valence-electron chi connectivity index (χ3n) is 4.81. The topological polar surface area (TPSA) is 46.9 Å². The molecule has 136 valence electrons. The molecule has 0 atom stereocenters. The Morgan fingerprint density at radius 2 is 1.96 bits per heavy atom. The van der Waals surface area contributed by atoms with Crippen LogP contribution in [0.2, 0.25) is 0 Å². The first-order valence-corrected chi connectivity index (χ1v) is 9.85. The van der Waals surface area contributed by atoms with Crippen LogP contribution in [0.15, 0.2) is 60.1 Å². The average Bonchev–Trinajstić information content (AvgIpc) is 3.29. The third kappa shape index (κ3) is 3.78. The first-order chi connectivity index (χ1) is 13.1. The van der Waals surface area contributed by atoms with E-state index in [1.165, 1.54) is 27.8 Å². The van der Waals surface area contributed by atoms with Crippen molar-refractivity contribution in [3.63, 3.8) is 0 Å². The molecule has 2 heterocycles. The first-order valence-electron chi connectivity index (χ1n) is 8.97. The van der Waals surface area contributed by atoms with Crippen molar-refractivity contribution in [2.75, 3.05) is 5.32 Å². The molecular weight excluding hydrogens is 354 g/mol. The summed E-state index contributed by atoms with van der Waals surface area (Å²) in [7, 11) is 0. The van der Waals surface area contributed by atoms with Gasteiger partial charge in [-0.3, -0.25) is 4.79 Å². The monoisotopic (exact) mass is 375 g/mol. The van der Waals surface area contributed by atoms with Crippen LogP contribution < -0.4 is 5.32 Å². The van der Waals surface area contributed by atoms with Crippen molar-refractivity contribution in [1.82, 2.24) is 9.55 Å². The SMILES string of the molecule is Cc1ccc(-c2csc(NC(=O)CCn3ccc4ccccc43)n2)cc1C. The normalized spacial score (nSPS) is 11.0. The largest absolute Gasteiger partial charge is 0.347 e. The first kappa shape index (κ1) is 17.5. The van der Waals surface area contributed by atoms with Gasteiger partial charge in [0.05, 0.1) is 5.69 Å². The molecule has 27 heavy (non-hydrogen) atoms. The number of nitrogens with one attached hydrogen (secondary N) is 1. The second kappa shape index (κ2) is 7.37. The van der Waals surface area contributed by atoms with Crippen molar-refractivity contribution in [1.29, 1.82) is 0 Å². The van der Waals surface area contributed by atoms with Crippen LogP contribution in [0, 0.1) is 13.8 Å². The summed E-state index contributed by atoms with van der Waals surface area (Å²) in [5, 5.41) is 6.74. The van der Waals surface area contributed by atoms with Crippen LogP contribution >= 0.6 is 11.3 Å². The van der Waals surface area contributed by atoms with Gasteiger partial charge in [0, 0.05) is 35.6 Å². The molecule has 4 aromatic rings. The number of nitrogens with zero attached hydrogens (tertiary/aromatic N) is 2. The van der Waals surface area contributed by atoms with Crippen LogP contribution in [0.25, 0.3) is 22.2 Å². The molecule has 0 fully saturated rings. The fraction of sp³-hybridized carbons (Fsp3) is 0.182. The summed E-state index contributed by atoms with van der Waals surface area (Å²) in [6.07, 6.45) is 2.44. The molecule has 5 heteroatoms. The van der Waals surface area contributed by atoms with E-state index in [4.69, 9.17) is 0 Å². The van der Waals surface area contributed by atoms with Crippen molar-refractivity contribution in [3.05, 3.63) is 71.2 Å². The van der Waals surface area contributed by atoms with Crippen molar-refractivity contribution in [2.24, 2.45) is 0 Å². The molecule has 0 unspecified atom stereocenters. The zero-order valence-electron chi connectivity index (χ0n) is 15.4. The van der Waals surface area contributed by atoms with Gasteiger partial charge >= 0.3 is 0 Å². The lowest BCUT2D eigenvalue weighted by Gasteiger charge is -2.05. The number of aryl methyl sites for hydroxylation is 3. The summed E-state index contributed by atoms with van der Waals surface area (Å²) in [6.45, 7) is 4.84. The maximum absolute atomic E-state index is 12.3. The van der Waals surface area contributed by atoms with Crippen molar-refractivity contribution >= 4 is 33.3 Å². The zero-order chi connectivity index (χ0) is 18.8. The maximum Gasteiger partial charge on any atom is 0.227 e. The molecule has 2 aromatic heterocycles. The van der Waals surface area contributed by atoms with E-state index in [1.54, 1.807) is 0 Å². The van der Waals surface area contributed by atoms with E-state index in [0.29, 0.717) is 18.1 Å². The molecule has 0 saturated heterocycles. The summed E-state index contributed by atoms with van der Waals surface area (Å²) in [5.74, 6) is -0.0197. The highest BCUT2D eigenvalue weighted by molar-refractivity contribution is 7.14. The fourth-order valence-electron chi connectivity index (χ4n) is 3.10. The molecule has 0 aliphatic rings. The number of aromatic nitrogens is 2. The van der Waals surface area contributed by atoms with Crippen LogP contribution in [0.5, 0.6) is 0 Å². The second-order valence-corrected chi connectivity index (χ2v) is 7.56. The van der Waals surface area contributed by atoms with Crippen LogP contribution in [0.4, 0.5) is 5.13 Å². The molecule has 2 aromatic carbocycles. The Bertz CT molecular complexity index is 1110. The molecule has 0 aliphatic heterocycles. The number of hydrogen-bond acceptors (Lipinski definition) is 3. The van der Waals surface area contributed by atoms with Gasteiger partial charge in [-0.2, -0.15) is 0 Å². The average molecular weight is 375 g/mol. The highest BCUT2D eigenvalue weighted by Gasteiger charge is 2.09. The van der Waals surface area contributed by atoms with E-state index in [-0.39, 0.29) is 5.91 Å². The van der Waals surface area contributed by atoms with Crippen molar-refractivity contribution in [2.45, 2.75) is 26.8 Å². The number of benzene rings is 2. The Kier molecular flexibility index (Phi) is 4.77. The molecule has 0 spiro atoms. The second-order valence-electron chi connectivity index (χ2n) is 6.70. The van der Waals surface area contributed by atoms with Crippen molar-refractivity contribution in [3.8, 4) is 11.3 Å². The third-order valence-corrected chi connectivity index (χ3v) is 5.57. The lowest BCUT2D eigenvalue weighted by molar-refractivity contribution is -0.116. The number of carbonyl (C=O) groups excluding carboxylic acids is 1. The van der Waals surface area contributed by atoms with Crippen LogP contribution in [0.3, 0.4) is 0 Å². The number of thiazole rings is 1. The highest BCUT2D eigenvalue weighted by Crippen LogP contribution is 2.26. The van der Waals surface area contributed by atoms with E-state index in [9.17, 15) is 4.79 Å². The summed E-state index contributed by atoms with van der Waals surface area (Å²) in [6, 6.07) is 16.6. The minimum Gasteiger partial charge on any atom is -0.347 e. The van der Waals surface area contributed by atoms with E-state index < -0.39 is 0 Å². The quantitative estimate of drug-likeness (QED) is 0.507. The Morgan fingerprint density at radius 3 is 2.81 bits per heavy atom. The fourth-order valence-corrected chi connectivity index (χ4v) is 3.84. The van der Waals surface area contributed by atoms with Gasteiger partial charge in [-0.25, -0.2) is 4.98 Å². The van der Waals surface area contributed by atoms with E-state index in [0.717, 1.165) is 16.8 Å². The molecule has 1 N–H and O–H groups in total. The van der Waals surface area contributed by atoms with Crippen molar-refractivity contribution < 1.29 is 4.79 Å². The van der Waals surface area contributed by atoms with E-state index in [2.05, 4.69) is 65.1 Å². The standard InChI is InChI=1S/C22H21N3OS/c1-15-7-8-18(13-16(15)2)19-14-27-22(23-19)24-21(26)10-12-25-11-9-17-5-3-4-6-20(17)25/h3-9,11,13-14H,10,12H2,1-2H3,(H,23,24,26). The smallest absolute Gasteiger partial charge is 0.227 e. The number of carbonyl (C=O) groups is 1. The molecule has 4 rings (SSSR count). The molecule has 0 aliphatic carbocycles. The highest BCUT2D eigenvalue weighted by atomic mass is 32.1. The van der Waals surface area contributed by atoms with Gasteiger partial charge in [0.2, 0.25) is 5.91 Å². The summed E-state index contributed by atoms with van der Waals surface area (Å²) in [5.41, 5.74) is 5.63. The van der Waals surface area contributed by atoms with Gasteiger partial charge in [0.15, 0.2) is 5.13 Å². The lowest BCUT2D eigenvalue weighted by Crippen LogP contribution is -2.14. The Morgan fingerprint density at radius 1 is 1.11 bits per heavy atom. The van der Waals surface area contributed by atoms with E-state index in [1.807, 2.05) is 23.7 Å². The number of anilines is 1. The Hall–Kier alpha value is -2.92. The number of fused-ring (bicyclic) bond motifs is 1. The minimum atomic E-state index is -0.0197. The number of hydrogen-bond donors (Lipinski definition) is 1. The summed E-state index contributed by atoms with van der Waals surface area (Å²) < 4.78 is 2.11. The van der Waals surface area contributed by atoms with Crippen LogP contribution in [0.1, 0.15) is 17.5 Å². The number of rotatable bonds is 5. The molecular formula is C22H21N3OS. The minimum absolute atomic E-state index is 0.0197. The molecule has 0 radical (unpaired) electrons. The molecule has 0 bridgehead atoms. The lowest BCUT2D eigenvalue weighted by atomic mass is 10.1. The molecule has 0 saturated carbocycles. The van der Waals surface area contributed by atoms with Gasteiger partial charge in [-0.15, -0.1) is 11.3 Å². The number of para-hydroxylation sites is 1. The predicted molar refractivity (Wildman–Crippen MR) is 112 cm³/mol. The number of amides is 1. The predicted octanol–water partition coefficient (Wildman–Crippen LogP) is 5.41. The van der Waals surface area contributed by atoms with Gasteiger partial charge in [-0.1, -0.05) is 30.3 Å². The molecule has 1 amide bonds. The van der Waals surface area contributed by atoms with E-state index >= 15 is 0 Å². The maximum atomic E-state index is 12.3. The Balaban J connectivity index is 1.40. The van der Waals surface area contributed by atoms with Gasteiger partial charge < -0.3 is 9.88 Å². The van der Waals surface area contributed by atoms with Crippen LogP contribution in [-0.2, 0) is 11.3 Å².